The first-order valence-corrected chi connectivity index (χ1v) is 7.66. The fraction of sp³-hybridized carbons (Fsp3) is 0.545. The van der Waals surface area contributed by atoms with Crippen molar-refractivity contribution in [3.05, 3.63) is 21.1 Å². The maximum Gasteiger partial charge on any atom is 0.445 e. The summed E-state index contributed by atoms with van der Waals surface area (Å²) in [7, 11) is 0. The SMILES string of the molecule is Cc1cnc(C(Nc2nnc(C(F)(F)F)s2)C2CC2)s1. The Kier molecular flexibility index (Phi) is 3.41. The van der Waals surface area contributed by atoms with E-state index in [1.165, 1.54) is 0 Å². The van der Waals surface area contributed by atoms with Gasteiger partial charge in [0.15, 0.2) is 0 Å². The van der Waals surface area contributed by atoms with Gasteiger partial charge in [-0.1, -0.05) is 11.3 Å². The van der Waals surface area contributed by atoms with Gasteiger partial charge in [0, 0.05) is 11.1 Å². The molecule has 0 radical (unpaired) electrons. The Morgan fingerprint density at radius 3 is 2.55 bits per heavy atom. The zero-order valence-electron chi connectivity index (χ0n) is 10.4. The molecule has 0 spiro atoms. The van der Waals surface area contributed by atoms with Crippen LogP contribution in [0.15, 0.2) is 6.20 Å². The van der Waals surface area contributed by atoms with E-state index in [9.17, 15) is 13.2 Å². The molecule has 2 aromatic heterocycles. The van der Waals surface area contributed by atoms with Gasteiger partial charge in [-0.2, -0.15) is 13.2 Å². The quantitative estimate of drug-likeness (QED) is 0.928. The molecule has 0 aliphatic heterocycles. The lowest BCUT2D eigenvalue weighted by Gasteiger charge is -2.14. The van der Waals surface area contributed by atoms with Gasteiger partial charge in [-0.15, -0.1) is 21.5 Å². The third-order valence-electron chi connectivity index (χ3n) is 2.95. The van der Waals surface area contributed by atoms with E-state index in [-0.39, 0.29) is 11.2 Å². The molecule has 1 unspecified atom stereocenters. The number of hydrogen-bond acceptors (Lipinski definition) is 6. The first-order chi connectivity index (χ1) is 9.43. The molecule has 108 valence electrons. The van der Waals surface area contributed by atoms with Crippen LogP contribution in [0.4, 0.5) is 18.3 Å². The lowest BCUT2D eigenvalue weighted by Crippen LogP contribution is -2.12. The second-order valence-corrected chi connectivity index (χ2v) is 6.92. The van der Waals surface area contributed by atoms with Crippen LogP contribution >= 0.6 is 22.7 Å². The van der Waals surface area contributed by atoms with Crippen LogP contribution in [0.2, 0.25) is 0 Å². The number of nitrogens with zero attached hydrogens (tertiary/aromatic N) is 3. The van der Waals surface area contributed by atoms with Crippen molar-refractivity contribution in [2.75, 3.05) is 5.32 Å². The average Bonchev–Trinajstić information content (AvgIpc) is 2.92. The maximum atomic E-state index is 12.5. The van der Waals surface area contributed by atoms with Crippen molar-refractivity contribution >= 4 is 27.8 Å². The molecule has 1 saturated carbocycles. The fourth-order valence-electron chi connectivity index (χ4n) is 1.86. The van der Waals surface area contributed by atoms with E-state index in [0.717, 1.165) is 22.7 Å². The fourth-order valence-corrected chi connectivity index (χ4v) is 3.42. The number of rotatable bonds is 4. The Balaban J connectivity index is 1.79. The monoisotopic (exact) mass is 320 g/mol. The standard InChI is InChI=1S/C11H11F3N4S2/c1-5-4-15-8(19-5)7(6-2-3-6)16-10-18-17-9(20-10)11(12,13)14/h4,6-7H,2-3H2,1H3,(H,16,18). The molecule has 1 fully saturated rings. The highest BCUT2D eigenvalue weighted by Gasteiger charge is 2.38. The summed E-state index contributed by atoms with van der Waals surface area (Å²) < 4.78 is 37.5. The highest BCUT2D eigenvalue weighted by molar-refractivity contribution is 7.15. The smallest absolute Gasteiger partial charge is 0.351 e. The molecule has 3 rings (SSSR count). The van der Waals surface area contributed by atoms with Gasteiger partial charge >= 0.3 is 6.18 Å². The van der Waals surface area contributed by atoms with Crippen LogP contribution in [0.25, 0.3) is 0 Å². The molecule has 0 amide bonds. The van der Waals surface area contributed by atoms with E-state index in [4.69, 9.17) is 0 Å². The van der Waals surface area contributed by atoms with Crippen molar-refractivity contribution in [3.63, 3.8) is 0 Å². The summed E-state index contributed by atoms with van der Waals surface area (Å²) in [6.45, 7) is 1.96. The van der Waals surface area contributed by atoms with Gasteiger partial charge in [-0.3, -0.25) is 0 Å². The molecule has 2 heterocycles. The van der Waals surface area contributed by atoms with Crippen molar-refractivity contribution in [2.24, 2.45) is 5.92 Å². The van der Waals surface area contributed by atoms with E-state index in [2.05, 4.69) is 20.5 Å². The van der Waals surface area contributed by atoms with E-state index in [0.29, 0.717) is 17.3 Å². The Morgan fingerprint density at radius 2 is 2.05 bits per heavy atom. The Labute approximate surface area is 121 Å². The average molecular weight is 320 g/mol. The number of anilines is 1. The number of hydrogen-bond donors (Lipinski definition) is 1. The van der Waals surface area contributed by atoms with Crippen LogP contribution in [-0.2, 0) is 6.18 Å². The van der Waals surface area contributed by atoms with E-state index in [1.807, 2.05) is 6.92 Å². The second kappa shape index (κ2) is 4.96. The van der Waals surface area contributed by atoms with Crippen molar-refractivity contribution in [1.29, 1.82) is 0 Å². The lowest BCUT2D eigenvalue weighted by molar-refractivity contribution is -0.138. The van der Waals surface area contributed by atoms with Crippen molar-refractivity contribution in [3.8, 4) is 0 Å². The van der Waals surface area contributed by atoms with Crippen LogP contribution in [0.1, 0.15) is 33.8 Å². The summed E-state index contributed by atoms with van der Waals surface area (Å²) in [6, 6.07) is -0.0669. The van der Waals surface area contributed by atoms with Crippen LogP contribution < -0.4 is 5.32 Å². The molecule has 2 aromatic rings. The molecule has 20 heavy (non-hydrogen) atoms. The molecule has 1 N–H and O–H groups in total. The molecule has 0 saturated heterocycles. The highest BCUT2D eigenvalue weighted by atomic mass is 32.1. The van der Waals surface area contributed by atoms with Crippen LogP contribution in [0, 0.1) is 12.8 Å². The largest absolute Gasteiger partial charge is 0.445 e. The van der Waals surface area contributed by atoms with Crippen LogP contribution in [0.5, 0.6) is 0 Å². The predicted octanol–water partition coefficient (Wildman–Crippen LogP) is 3.89. The number of aromatic nitrogens is 3. The molecule has 0 bridgehead atoms. The summed E-state index contributed by atoms with van der Waals surface area (Å²) in [5.74, 6) is 0.416. The van der Waals surface area contributed by atoms with Gasteiger partial charge in [0.1, 0.15) is 5.01 Å². The van der Waals surface area contributed by atoms with Crippen molar-refractivity contribution < 1.29 is 13.2 Å². The molecule has 9 heteroatoms. The zero-order valence-corrected chi connectivity index (χ0v) is 12.1. The number of alkyl halides is 3. The maximum absolute atomic E-state index is 12.5. The molecule has 1 aliphatic rings. The summed E-state index contributed by atoms with van der Waals surface area (Å²) in [6.07, 6.45) is -0.550. The van der Waals surface area contributed by atoms with Gasteiger partial charge < -0.3 is 5.32 Å². The number of nitrogens with one attached hydrogen (secondary N) is 1. The highest BCUT2D eigenvalue weighted by Crippen LogP contribution is 2.44. The summed E-state index contributed by atoms with van der Waals surface area (Å²) >= 11 is 2.09. The van der Waals surface area contributed by atoms with E-state index in [1.54, 1.807) is 17.5 Å². The number of aryl methyl sites for hydroxylation is 1. The zero-order chi connectivity index (χ0) is 14.3. The summed E-state index contributed by atoms with van der Waals surface area (Å²) in [4.78, 5) is 5.40. The molecule has 0 aromatic carbocycles. The molecule has 4 nitrogen and oxygen atoms in total. The minimum atomic E-state index is -4.44. The molecular formula is C11H11F3N4S2. The first kappa shape index (κ1) is 13.7. The Morgan fingerprint density at radius 1 is 1.30 bits per heavy atom. The minimum absolute atomic E-state index is 0.0669. The number of halogens is 3. The molecular weight excluding hydrogens is 309 g/mol. The predicted molar refractivity (Wildman–Crippen MR) is 70.8 cm³/mol. The molecule has 1 atom stereocenters. The van der Waals surface area contributed by atoms with Crippen LogP contribution in [0.3, 0.4) is 0 Å². The Bertz CT molecular complexity index is 603. The number of thiazole rings is 1. The van der Waals surface area contributed by atoms with Crippen molar-refractivity contribution in [2.45, 2.75) is 32.0 Å². The second-order valence-electron chi connectivity index (χ2n) is 4.68. The topological polar surface area (TPSA) is 50.7 Å². The normalized spacial score (nSPS) is 17.2. The Hall–Kier alpha value is -1.22. The van der Waals surface area contributed by atoms with Gasteiger partial charge in [-0.25, -0.2) is 4.98 Å². The van der Waals surface area contributed by atoms with Gasteiger partial charge in [0.2, 0.25) is 10.1 Å². The third kappa shape index (κ3) is 2.93. The molecule has 1 aliphatic carbocycles. The van der Waals surface area contributed by atoms with Crippen molar-refractivity contribution in [1.82, 2.24) is 15.2 Å². The summed E-state index contributed by atoms with van der Waals surface area (Å²) in [5, 5.41) is 9.99. The lowest BCUT2D eigenvalue weighted by atomic mass is 10.2. The first-order valence-electron chi connectivity index (χ1n) is 6.03. The van der Waals surface area contributed by atoms with Gasteiger partial charge in [0.05, 0.1) is 6.04 Å². The van der Waals surface area contributed by atoms with E-state index >= 15 is 0 Å². The summed E-state index contributed by atoms with van der Waals surface area (Å²) in [5.41, 5.74) is 0. The van der Waals surface area contributed by atoms with Crippen LogP contribution in [-0.4, -0.2) is 15.2 Å². The minimum Gasteiger partial charge on any atom is -0.351 e. The van der Waals surface area contributed by atoms with Gasteiger partial charge in [-0.05, 0) is 25.7 Å². The van der Waals surface area contributed by atoms with E-state index < -0.39 is 11.2 Å². The van der Waals surface area contributed by atoms with Gasteiger partial charge in [0.25, 0.3) is 0 Å². The third-order valence-corrected chi connectivity index (χ3v) is 4.84.